The number of aromatic nitrogens is 1. The van der Waals surface area contributed by atoms with Crippen LogP contribution < -0.4 is 10.1 Å². The highest BCUT2D eigenvalue weighted by Crippen LogP contribution is 2.22. The molecule has 0 saturated heterocycles. The van der Waals surface area contributed by atoms with Crippen LogP contribution in [0.5, 0.6) is 5.75 Å². The Morgan fingerprint density at radius 3 is 2.75 bits per heavy atom. The van der Waals surface area contributed by atoms with Gasteiger partial charge in [0.05, 0.1) is 18.2 Å². The Morgan fingerprint density at radius 2 is 2.15 bits per heavy atom. The Kier molecular flexibility index (Phi) is 4.14. The van der Waals surface area contributed by atoms with Crippen molar-refractivity contribution < 1.29 is 9.66 Å². The van der Waals surface area contributed by atoms with Crippen LogP contribution in [0.25, 0.3) is 0 Å². The lowest BCUT2D eigenvalue weighted by Gasteiger charge is -2.09. The number of anilines is 1. The van der Waals surface area contributed by atoms with Crippen LogP contribution in [0.1, 0.15) is 11.1 Å². The van der Waals surface area contributed by atoms with Crippen molar-refractivity contribution in [3.05, 3.63) is 57.8 Å². The summed E-state index contributed by atoms with van der Waals surface area (Å²) in [5.74, 6) is 1.37. The summed E-state index contributed by atoms with van der Waals surface area (Å²) in [6, 6.07) is 8.65. The van der Waals surface area contributed by atoms with Crippen LogP contribution in [0.2, 0.25) is 0 Å². The lowest BCUT2D eigenvalue weighted by molar-refractivity contribution is -0.385. The second kappa shape index (κ2) is 6.01. The summed E-state index contributed by atoms with van der Waals surface area (Å²) in [4.78, 5) is 14.7. The first kappa shape index (κ1) is 13.8. The van der Waals surface area contributed by atoms with Gasteiger partial charge in [0.15, 0.2) is 0 Å². The number of rotatable bonds is 5. The molecule has 0 radical (unpaired) electrons. The number of nitrogens with zero attached hydrogens (tertiary/aromatic N) is 2. The third-order valence-corrected chi connectivity index (χ3v) is 3.05. The highest BCUT2D eigenvalue weighted by atomic mass is 16.6. The van der Waals surface area contributed by atoms with E-state index in [2.05, 4.69) is 10.3 Å². The van der Waals surface area contributed by atoms with E-state index in [-0.39, 0.29) is 10.6 Å². The molecule has 20 heavy (non-hydrogen) atoms. The molecule has 1 aromatic carbocycles. The summed E-state index contributed by atoms with van der Waals surface area (Å²) in [7, 11) is 1.58. The third-order valence-electron chi connectivity index (χ3n) is 3.05. The summed E-state index contributed by atoms with van der Waals surface area (Å²) in [5, 5.41) is 14.0. The number of nitrogens with one attached hydrogen (secondary N) is 1. The van der Waals surface area contributed by atoms with Gasteiger partial charge in [0, 0.05) is 18.2 Å². The highest BCUT2D eigenvalue weighted by molar-refractivity contribution is 5.46. The molecule has 2 aromatic rings. The fraction of sp³-hybridized carbons (Fsp3) is 0.214. The van der Waals surface area contributed by atoms with E-state index in [1.54, 1.807) is 38.4 Å². The van der Waals surface area contributed by atoms with Gasteiger partial charge in [-0.05, 0) is 24.6 Å². The first-order valence-corrected chi connectivity index (χ1v) is 6.08. The zero-order chi connectivity index (χ0) is 14.5. The van der Waals surface area contributed by atoms with E-state index >= 15 is 0 Å². The van der Waals surface area contributed by atoms with Gasteiger partial charge in [0.1, 0.15) is 11.6 Å². The van der Waals surface area contributed by atoms with Gasteiger partial charge in [-0.25, -0.2) is 4.98 Å². The van der Waals surface area contributed by atoms with Crippen LogP contribution in [-0.2, 0) is 6.54 Å². The predicted molar refractivity (Wildman–Crippen MR) is 75.9 cm³/mol. The minimum absolute atomic E-state index is 0.131. The van der Waals surface area contributed by atoms with E-state index in [1.165, 1.54) is 6.07 Å². The molecule has 2 rings (SSSR count). The third kappa shape index (κ3) is 3.03. The van der Waals surface area contributed by atoms with Gasteiger partial charge in [0.2, 0.25) is 0 Å². The Labute approximate surface area is 116 Å². The molecule has 0 aliphatic carbocycles. The van der Waals surface area contributed by atoms with Crippen molar-refractivity contribution in [2.75, 3.05) is 12.4 Å². The zero-order valence-corrected chi connectivity index (χ0v) is 11.3. The van der Waals surface area contributed by atoms with Crippen LogP contribution in [-0.4, -0.2) is 17.0 Å². The average Bonchev–Trinajstić information content (AvgIpc) is 2.46. The minimum Gasteiger partial charge on any atom is -0.495 e. The highest BCUT2D eigenvalue weighted by Gasteiger charge is 2.12. The Balaban J connectivity index is 2.10. The lowest BCUT2D eigenvalue weighted by atomic mass is 10.1. The second-order valence-electron chi connectivity index (χ2n) is 4.26. The van der Waals surface area contributed by atoms with Crippen molar-refractivity contribution in [3.63, 3.8) is 0 Å². The molecule has 6 heteroatoms. The molecule has 1 heterocycles. The first-order chi connectivity index (χ1) is 9.61. The standard InChI is InChI=1S/C14H15N3O3/c1-10-11(4-3-5-13(10)17(18)19)8-15-14-7-6-12(20-2)9-16-14/h3-7,9H,8H2,1-2H3,(H,15,16). The molecule has 1 aromatic heterocycles. The molecule has 6 nitrogen and oxygen atoms in total. The van der Waals surface area contributed by atoms with Crippen LogP contribution in [0.3, 0.4) is 0 Å². The minimum atomic E-state index is -0.371. The lowest BCUT2D eigenvalue weighted by Crippen LogP contribution is -2.04. The molecule has 0 amide bonds. The first-order valence-electron chi connectivity index (χ1n) is 6.08. The number of nitro benzene ring substituents is 1. The average molecular weight is 273 g/mol. The quantitative estimate of drug-likeness (QED) is 0.669. The molecule has 104 valence electrons. The Hall–Kier alpha value is -2.63. The van der Waals surface area contributed by atoms with E-state index in [1.807, 2.05) is 6.07 Å². The molecular weight excluding hydrogens is 258 g/mol. The van der Waals surface area contributed by atoms with E-state index in [9.17, 15) is 10.1 Å². The number of hydrogen-bond donors (Lipinski definition) is 1. The monoisotopic (exact) mass is 273 g/mol. The van der Waals surface area contributed by atoms with Gasteiger partial charge in [0.25, 0.3) is 5.69 Å². The van der Waals surface area contributed by atoms with Crippen molar-refractivity contribution in [1.29, 1.82) is 0 Å². The molecule has 0 bridgehead atoms. The zero-order valence-electron chi connectivity index (χ0n) is 11.3. The topological polar surface area (TPSA) is 77.3 Å². The van der Waals surface area contributed by atoms with Crippen LogP contribution in [0.4, 0.5) is 11.5 Å². The largest absolute Gasteiger partial charge is 0.495 e. The molecule has 0 saturated carbocycles. The maximum Gasteiger partial charge on any atom is 0.272 e. The van der Waals surface area contributed by atoms with Crippen molar-refractivity contribution in [1.82, 2.24) is 4.98 Å². The molecule has 0 aliphatic rings. The Bertz CT molecular complexity index is 612. The molecule has 0 fully saturated rings. The van der Waals surface area contributed by atoms with Gasteiger partial charge >= 0.3 is 0 Å². The Morgan fingerprint density at radius 1 is 1.35 bits per heavy atom. The van der Waals surface area contributed by atoms with E-state index < -0.39 is 0 Å². The molecule has 0 aliphatic heterocycles. The number of ether oxygens (including phenoxy) is 1. The predicted octanol–water partition coefficient (Wildman–Crippen LogP) is 2.92. The number of hydrogen-bond acceptors (Lipinski definition) is 5. The molecular formula is C14H15N3O3. The number of methoxy groups -OCH3 is 1. The van der Waals surface area contributed by atoms with E-state index in [0.29, 0.717) is 23.7 Å². The molecule has 0 unspecified atom stereocenters. The van der Waals surface area contributed by atoms with Gasteiger partial charge in [-0.15, -0.1) is 0 Å². The molecule has 0 atom stereocenters. The fourth-order valence-electron chi connectivity index (χ4n) is 1.85. The van der Waals surface area contributed by atoms with E-state index in [0.717, 1.165) is 5.56 Å². The summed E-state index contributed by atoms with van der Waals surface area (Å²) in [6.07, 6.45) is 1.61. The van der Waals surface area contributed by atoms with Gasteiger partial charge in [-0.3, -0.25) is 10.1 Å². The normalized spacial score (nSPS) is 10.1. The second-order valence-corrected chi connectivity index (χ2v) is 4.26. The van der Waals surface area contributed by atoms with Gasteiger partial charge in [-0.1, -0.05) is 12.1 Å². The number of nitro groups is 1. The van der Waals surface area contributed by atoms with Gasteiger partial charge in [-0.2, -0.15) is 0 Å². The maximum atomic E-state index is 10.9. The van der Waals surface area contributed by atoms with Crippen LogP contribution in [0, 0.1) is 17.0 Å². The number of benzene rings is 1. The summed E-state index contributed by atoms with van der Waals surface area (Å²) in [5.41, 5.74) is 1.67. The molecule has 0 spiro atoms. The summed E-state index contributed by atoms with van der Waals surface area (Å²) >= 11 is 0. The van der Waals surface area contributed by atoms with Crippen LogP contribution >= 0.6 is 0 Å². The maximum absolute atomic E-state index is 10.9. The van der Waals surface area contributed by atoms with Crippen LogP contribution in [0.15, 0.2) is 36.5 Å². The van der Waals surface area contributed by atoms with Gasteiger partial charge < -0.3 is 10.1 Å². The van der Waals surface area contributed by atoms with Crippen molar-refractivity contribution >= 4 is 11.5 Å². The fourth-order valence-corrected chi connectivity index (χ4v) is 1.85. The summed E-state index contributed by atoms with van der Waals surface area (Å²) in [6.45, 7) is 2.23. The SMILES string of the molecule is COc1ccc(NCc2cccc([N+](=O)[O-])c2C)nc1. The summed E-state index contributed by atoms with van der Waals surface area (Å²) < 4.78 is 5.03. The smallest absolute Gasteiger partial charge is 0.272 e. The van der Waals surface area contributed by atoms with Crippen molar-refractivity contribution in [2.24, 2.45) is 0 Å². The van der Waals surface area contributed by atoms with Crippen molar-refractivity contribution in [3.8, 4) is 5.75 Å². The van der Waals surface area contributed by atoms with E-state index in [4.69, 9.17) is 4.74 Å². The van der Waals surface area contributed by atoms with Crippen molar-refractivity contribution in [2.45, 2.75) is 13.5 Å². The number of pyridine rings is 1. The molecule has 1 N–H and O–H groups in total.